The van der Waals surface area contributed by atoms with E-state index in [1.54, 1.807) is 6.21 Å². The second-order valence-corrected chi connectivity index (χ2v) is 7.76. The zero-order chi connectivity index (χ0) is 18.9. The molecular formula is C23H24N2O2. The van der Waals surface area contributed by atoms with Gasteiger partial charge < -0.3 is 4.74 Å². The zero-order valence-electron chi connectivity index (χ0n) is 15.6. The molecule has 2 saturated carbocycles. The second-order valence-electron chi connectivity index (χ2n) is 7.76. The van der Waals surface area contributed by atoms with Crippen LogP contribution < -0.4 is 10.2 Å². The van der Waals surface area contributed by atoms with Gasteiger partial charge in [0.2, 0.25) is 5.91 Å². The monoisotopic (exact) mass is 360 g/mol. The smallest absolute Gasteiger partial charge is 0.244 e. The summed E-state index contributed by atoms with van der Waals surface area (Å²) in [6.45, 7) is 2.43. The van der Waals surface area contributed by atoms with Crippen molar-refractivity contribution < 1.29 is 9.53 Å². The Morgan fingerprint density at radius 1 is 1.37 bits per heavy atom. The summed E-state index contributed by atoms with van der Waals surface area (Å²) in [6.07, 6.45) is 11.8. The van der Waals surface area contributed by atoms with Gasteiger partial charge in [0.15, 0.2) is 0 Å². The summed E-state index contributed by atoms with van der Waals surface area (Å²) >= 11 is 0. The summed E-state index contributed by atoms with van der Waals surface area (Å²) in [7, 11) is 0. The molecule has 2 aliphatic carbocycles. The maximum atomic E-state index is 12.6. The maximum Gasteiger partial charge on any atom is 0.244 e. The van der Waals surface area contributed by atoms with Gasteiger partial charge in [0.1, 0.15) is 12.4 Å². The van der Waals surface area contributed by atoms with E-state index in [4.69, 9.17) is 11.2 Å². The highest BCUT2D eigenvalue weighted by Gasteiger charge is 2.64. The van der Waals surface area contributed by atoms with E-state index in [1.807, 2.05) is 36.4 Å². The Labute approximate surface area is 160 Å². The Hall–Kier alpha value is -2.80. The van der Waals surface area contributed by atoms with Gasteiger partial charge in [-0.3, -0.25) is 4.79 Å². The highest BCUT2D eigenvalue weighted by Crippen LogP contribution is 2.66. The molecule has 0 unspecified atom stereocenters. The lowest BCUT2D eigenvalue weighted by molar-refractivity contribution is -0.123. The Morgan fingerprint density at radius 3 is 3.00 bits per heavy atom. The molecule has 0 aliphatic heterocycles. The molecule has 27 heavy (non-hydrogen) atoms. The van der Waals surface area contributed by atoms with Crippen LogP contribution in [0, 0.1) is 29.6 Å². The van der Waals surface area contributed by atoms with Gasteiger partial charge in [0, 0.05) is 11.5 Å². The van der Waals surface area contributed by atoms with Gasteiger partial charge in [-0.05, 0) is 41.0 Å². The normalized spacial score (nSPS) is 26.4. The Balaban J connectivity index is 1.54. The van der Waals surface area contributed by atoms with E-state index < -0.39 is 0 Å². The number of hydrogen-bond donors (Lipinski definition) is 1. The van der Waals surface area contributed by atoms with Gasteiger partial charge in [0.05, 0.1) is 6.21 Å². The van der Waals surface area contributed by atoms with Gasteiger partial charge in [-0.2, -0.15) is 5.10 Å². The maximum absolute atomic E-state index is 12.6. The summed E-state index contributed by atoms with van der Waals surface area (Å²) in [4.78, 5) is 12.6. The number of rotatable bonds is 5. The van der Waals surface area contributed by atoms with Crippen LogP contribution >= 0.6 is 0 Å². The molecule has 0 bridgehead atoms. The summed E-state index contributed by atoms with van der Waals surface area (Å²) in [5.74, 6) is 3.80. The fourth-order valence-corrected chi connectivity index (χ4v) is 4.73. The van der Waals surface area contributed by atoms with Crippen molar-refractivity contribution in [1.29, 1.82) is 0 Å². The molecule has 4 nitrogen and oxygen atoms in total. The first-order chi connectivity index (χ1) is 13.1. The average Bonchev–Trinajstić information content (AvgIpc) is 3.32. The van der Waals surface area contributed by atoms with Crippen molar-refractivity contribution in [3.63, 3.8) is 0 Å². The van der Waals surface area contributed by atoms with Crippen molar-refractivity contribution in [2.24, 2.45) is 22.4 Å². The standard InChI is InChI=1S/C23H24N2O2/c1-3-14-27-20-12-11-16-8-4-5-9-17(16)18(20)15-24-25-22(26)21-19-10-6-7-13-23(19,21)2/h1,4-5,8-9,11-12,15,19,21H,6-7,10,13-14H2,2H3,(H,25,26)/b24-15-/t19-,21-,23+/m0/s1. The van der Waals surface area contributed by atoms with E-state index in [0.717, 1.165) is 29.2 Å². The molecule has 3 atom stereocenters. The lowest BCUT2D eigenvalue weighted by atomic mass is 9.90. The van der Waals surface area contributed by atoms with Crippen molar-refractivity contribution in [3.8, 4) is 18.1 Å². The van der Waals surface area contributed by atoms with E-state index >= 15 is 0 Å². The number of hydrazone groups is 1. The number of fused-ring (bicyclic) bond motifs is 2. The minimum atomic E-state index is 0.0342. The minimum absolute atomic E-state index is 0.0342. The molecule has 4 rings (SSSR count). The number of nitrogens with zero attached hydrogens (tertiary/aromatic N) is 1. The molecule has 2 aliphatic rings. The summed E-state index contributed by atoms with van der Waals surface area (Å²) in [5.41, 5.74) is 3.76. The largest absolute Gasteiger partial charge is 0.480 e. The fraction of sp³-hybridized carbons (Fsp3) is 0.391. The van der Waals surface area contributed by atoms with Gasteiger partial charge in [-0.1, -0.05) is 56.0 Å². The van der Waals surface area contributed by atoms with Gasteiger partial charge in [-0.25, -0.2) is 5.43 Å². The van der Waals surface area contributed by atoms with Gasteiger partial charge in [-0.15, -0.1) is 6.42 Å². The minimum Gasteiger partial charge on any atom is -0.480 e. The van der Waals surface area contributed by atoms with Gasteiger partial charge >= 0.3 is 0 Å². The molecule has 2 aromatic carbocycles. The van der Waals surface area contributed by atoms with Crippen molar-refractivity contribution in [3.05, 3.63) is 42.0 Å². The van der Waals surface area contributed by atoms with Crippen LogP contribution in [0.3, 0.4) is 0 Å². The Kier molecular flexibility index (Phi) is 4.61. The van der Waals surface area contributed by atoms with Crippen LogP contribution in [-0.4, -0.2) is 18.7 Å². The van der Waals surface area contributed by atoms with Crippen LogP contribution in [0.15, 0.2) is 41.5 Å². The first-order valence-electron chi connectivity index (χ1n) is 9.56. The van der Waals surface area contributed by atoms with E-state index in [-0.39, 0.29) is 23.8 Å². The molecule has 0 heterocycles. The molecule has 1 amide bonds. The number of carbonyl (C=O) groups excluding carboxylic acids is 1. The predicted octanol–water partition coefficient (Wildman–Crippen LogP) is 4.13. The van der Waals surface area contributed by atoms with Crippen LogP contribution in [0.25, 0.3) is 10.8 Å². The highest BCUT2D eigenvalue weighted by atomic mass is 16.5. The van der Waals surface area contributed by atoms with Gasteiger partial charge in [0.25, 0.3) is 0 Å². The number of terminal acetylenes is 1. The van der Waals surface area contributed by atoms with Crippen LogP contribution in [0.5, 0.6) is 5.75 Å². The summed E-state index contributed by atoms with van der Waals surface area (Å²) in [6, 6.07) is 11.9. The number of benzene rings is 2. The van der Waals surface area contributed by atoms with E-state index in [0.29, 0.717) is 11.7 Å². The Bertz CT molecular complexity index is 943. The summed E-state index contributed by atoms with van der Waals surface area (Å²) < 4.78 is 5.66. The molecule has 0 aromatic heterocycles. The van der Waals surface area contributed by atoms with Crippen LogP contribution in [0.1, 0.15) is 38.2 Å². The van der Waals surface area contributed by atoms with Crippen LogP contribution in [0.4, 0.5) is 0 Å². The van der Waals surface area contributed by atoms with Crippen molar-refractivity contribution in [2.75, 3.05) is 6.61 Å². The zero-order valence-corrected chi connectivity index (χ0v) is 15.6. The first kappa shape index (κ1) is 17.6. The topological polar surface area (TPSA) is 50.7 Å². The van der Waals surface area contributed by atoms with Crippen LogP contribution in [-0.2, 0) is 4.79 Å². The molecule has 2 fully saturated rings. The molecule has 4 heteroatoms. The molecule has 0 spiro atoms. The summed E-state index contributed by atoms with van der Waals surface area (Å²) in [5, 5.41) is 6.35. The number of hydrogen-bond acceptors (Lipinski definition) is 3. The molecule has 0 radical (unpaired) electrons. The van der Waals surface area contributed by atoms with E-state index in [1.165, 1.54) is 12.8 Å². The number of nitrogens with one attached hydrogen (secondary N) is 1. The van der Waals surface area contributed by atoms with Crippen LogP contribution in [0.2, 0.25) is 0 Å². The first-order valence-corrected chi connectivity index (χ1v) is 9.56. The molecule has 0 saturated heterocycles. The predicted molar refractivity (Wildman–Crippen MR) is 108 cm³/mol. The lowest BCUT2D eigenvalue weighted by Gasteiger charge is -2.15. The average molecular weight is 360 g/mol. The molecule has 2 aromatic rings. The van der Waals surface area contributed by atoms with E-state index in [9.17, 15) is 4.79 Å². The SMILES string of the molecule is C#CCOc1ccc2ccccc2c1/C=N\NC(=O)[C@@H]1[C@@H]2CCCC[C@@]12C. The second kappa shape index (κ2) is 7.08. The van der Waals surface area contributed by atoms with Crippen molar-refractivity contribution in [2.45, 2.75) is 32.6 Å². The lowest BCUT2D eigenvalue weighted by Crippen LogP contribution is -2.22. The fourth-order valence-electron chi connectivity index (χ4n) is 4.73. The molecule has 1 N–H and O–H groups in total. The highest BCUT2D eigenvalue weighted by molar-refractivity contribution is 6.02. The molecule has 138 valence electrons. The van der Waals surface area contributed by atoms with E-state index in [2.05, 4.69) is 23.4 Å². The molecular weight excluding hydrogens is 336 g/mol. The van der Waals surface area contributed by atoms with Crippen molar-refractivity contribution >= 4 is 22.9 Å². The third-order valence-electron chi connectivity index (χ3n) is 6.22. The Morgan fingerprint density at radius 2 is 2.22 bits per heavy atom. The van der Waals surface area contributed by atoms with Crippen molar-refractivity contribution in [1.82, 2.24) is 5.43 Å². The number of amides is 1. The third kappa shape index (κ3) is 3.19. The quantitative estimate of drug-likeness (QED) is 0.495. The number of carbonyl (C=O) groups is 1. The number of ether oxygens (including phenoxy) is 1. The third-order valence-corrected chi connectivity index (χ3v) is 6.22.